The van der Waals surface area contributed by atoms with E-state index in [4.69, 9.17) is 4.74 Å². The van der Waals surface area contributed by atoms with Crippen LogP contribution in [0.25, 0.3) is 0 Å². The molecule has 1 N–H and O–H groups in total. The Balaban J connectivity index is 1.95. The van der Waals surface area contributed by atoms with Crippen LogP contribution >= 0.6 is 31.9 Å². The van der Waals surface area contributed by atoms with Crippen molar-refractivity contribution in [3.8, 4) is 5.75 Å². The summed E-state index contributed by atoms with van der Waals surface area (Å²) in [5.74, 6) is 0.322. The van der Waals surface area contributed by atoms with Gasteiger partial charge in [0.25, 0.3) is 5.91 Å². The van der Waals surface area contributed by atoms with E-state index >= 15 is 0 Å². The molecule has 0 saturated carbocycles. The molecule has 4 nitrogen and oxygen atoms in total. The Hall–Kier alpha value is -1.66. The molecule has 0 radical (unpaired) electrons. The Morgan fingerprint density at radius 2 is 1.88 bits per heavy atom. The molecule has 0 bridgehead atoms. The fraction of sp³-hybridized carbons (Fsp3) is 0.300. The molecule has 0 spiro atoms. The number of nitrogens with one attached hydrogen (secondary N) is 1. The number of carbonyl (C=O) groups excluding carboxylic acids is 1. The summed E-state index contributed by atoms with van der Waals surface area (Å²) in [4.78, 5) is 12.1. The summed E-state index contributed by atoms with van der Waals surface area (Å²) in [6.45, 7) is 2.07. The number of rotatable bonds is 9. The molecule has 138 valence electrons. The molecule has 26 heavy (non-hydrogen) atoms. The molecule has 2 rings (SSSR count). The second-order valence-corrected chi connectivity index (χ2v) is 7.55. The molecule has 0 saturated heterocycles. The van der Waals surface area contributed by atoms with E-state index in [-0.39, 0.29) is 12.5 Å². The molecular formula is C20H22Br2N2O2. The zero-order valence-electron chi connectivity index (χ0n) is 14.7. The van der Waals surface area contributed by atoms with Crippen molar-refractivity contribution in [1.29, 1.82) is 0 Å². The van der Waals surface area contributed by atoms with Crippen molar-refractivity contribution in [1.82, 2.24) is 5.43 Å². The van der Waals surface area contributed by atoms with Crippen LogP contribution in [0.5, 0.6) is 5.75 Å². The Kier molecular flexibility index (Phi) is 8.85. The number of halogens is 2. The van der Waals surface area contributed by atoms with Gasteiger partial charge in [-0.1, -0.05) is 66.0 Å². The molecule has 0 aliphatic heterocycles. The van der Waals surface area contributed by atoms with E-state index in [1.165, 1.54) is 0 Å². The molecule has 0 aliphatic rings. The molecular weight excluding hydrogens is 460 g/mol. The standard InChI is InChI=1S/C20H22Br2N2O2/c1-2-3-5-10-18(15-8-6-4-7-9-15)23-24-20(25)14-26-19-12-11-16(21)13-17(19)22/h4,6-9,11-13H,2-3,5,10,14H2,1H3,(H,24,25)/b23-18+. The van der Waals surface area contributed by atoms with E-state index in [0.717, 1.165) is 45.9 Å². The second-order valence-electron chi connectivity index (χ2n) is 5.78. The van der Waals surface area contributed by atoms with Gasteiger partial charge in [0.05, 0.1) is 10.2 Å². The second kappa shape index (κ2) is 11.1. The minimum atomic E-state index is -0.288. The van der Waals surface area contributed by atoms with E-state index in [9.17, 15) is 4.79 Å². The van der Waals surface area contributed by atoms with Crippen LogP contribution in [0.1, 0.15) is 38.2 Å². The Morgan fingerprint density at radius 3 is 2.58 bits per heavy atom. The Labute approximate surface area is 171 Å². The van der Waals surface area contributed by atoms with Gasteiger partial charge in [-0.25, -0.2) is 5.43 Å². The van der Waals surface area contributed by atoms with Crippen LogP contribution in [0.15, 0.2) is 62.6 Å². The van der Waals surface area contributed by atoms with Gasteiger partial charge < -0.3 is 4.74 Å². The lowest BCUT2D eigenvalue weighted by atomic mass is 10.0. The topological polar surface area (TPSA) is 50.7 Å². The molecule has 2 aromatic rings. The van der Waals surface area contributed by atoms with Crippen molar-refractivity contribution in [2.45, 2.75) is 32.6 Å². The lowest BCUT2D eigenvalue weighted by molar-refractivity contribution is -0.123. The molecule has 6 heteroatoms. The number of carbonyl (C=O) groups is 1. The predicted molar refractivity (Wildman–Crippen MR) is 113 cm³/mol. The summed E-state index contributed by atoms with van der Waals surface area (Å²) in [5.41, 5.74) is 4.52. The lowest BCUT2D eigenvalue weighted by Crippen LogP contribution is -2.26. The van der Waals surface area contributed by atoms with Gasteiger partial charge in [0.2, 0.25) is 0 Å². The first-order valence-electron chi connectivity index (χ1n) is 8.59. The minimum Gasteiger partial charge on any atom is -0.483 e. The molecule has 0 aliphatic carbocycles. The summed E-state index contributed by atoms with van der Waals surface area (Å²) < 4.78 is 7.26. The Bertz CT molecular complexity index is 749. The smallest absolute Gasteiger partial charge is 0.277 e. The third-order valence-electron chi connectivity index (χ3n) is 3.69. The van der Waals surface area contributed by atoms with E-state index in [0.29, 0.717) is 5.75 Å². The average molecular weight is 482 g/mol. The highest BCUT2D eigenvalue weighted by atomic mass is 79.9. The number of amides is 1. The van der Waals surface area contributed by atoms with Crippen LogP contribution in [0.2, 0.25) is 0 Å². The maximum atomic E-state index is 12.1. The number of hydrazone groups is 1. The third-order valence-corrected chi connectivity index (χ3v) is 4.81. The van der Waals surface area contributed by atoms with Crippen molar-refractivity contribution in [3.63, 3.8) is 0 Å². The normalized spacial score (nSPS) is 11.3. The average Bonchev–Trinajstić information content (AvgIpc) is 2.64. The lowest BCUT2D eigenvalue weighted by Gasteiger charge is -2.09. The molecule has 0 fully saturated rings. The van der Waals surface area contributed by atoms with Crippen LogP contribution in [0, 0.1) is 0 Å². The minimum absolute atomic E-state index is 0.0965. The third kappa shape index (κ3) is 6.92. The number of hydrogen-bond donors (Lipinski definition) is 1. The van der Waals surface area contributed by atoms with E-state index in [1.807, 2.05) is 42.5 Å². The van der Waals surface area contributed by atoms with Crippen LogP contribution in [-0.4, -0.2) is 18.2 Å². The van der Waals surface area contributed by atoms with Gasteiger partial charge in [-0.15, -0.1) is 0 Å². The maximum Gasteiger partial charge on any atom is 0.277 e. The van der Waals surface area contributed by atoms with E-state index in [1.54, 1.807) is 6.07 Å². The van der Waals surface area contributed by atoms with E-state index in [2.05, 4.69) is 49.3 Å². The van der Waals surface area contributed by atoms with Gasteiger partial charge >= 0.3 is 0 Å². The molecule has 1 amide bonds. The summed E-state index contributed by atoms with van der Waals surface area (Å²) in [6, 6.07) is 15.4. The van der Waals surface area contributed by atoms with Crippen molar-refractivity contribution in [2.75, 3.05) is 6.61 Å². The zero-order valence-corrected chi connectivity index (χ0v) is 17.8. The van der Waals surface area contributed by atoms with Crippen LogP contribution in [0.4, 0.5) is 0 Å². The highest BCUT2D eigenvalue weighted by Gasteiger charge is 2.08. The van der Waals surface area contributed by atoms with Gasteiger partial charge in [-0.2, -0.15) is 5.10 Å². The quantitative estimate of drug-likeness (QED) is 0.284. The van der Waals surface area contributed by atoms with Gasteiger partial charge in [-0.3, -0.25) is 4.79 Å². The van der Waals surface area contributed by atoms with E-state index < -0.39 is 0 Å². The fourth-order valence-corrected chi connectivity index (χ4v) is 3.50. The summed E-state index contributed by atoms with van der Waals surface area (Å²) in [5, 5.41) is 4.33. The van der Waals surface area contributed by atoms with Crippen LogP contribution < -0.4 is 10.2 Å². The van der Waals surface area contributed by atoms with Crippen molar-refractivity contribution < 1.29 is 9.53 Å². The first kappa shape index (κ1) is 20.6. The molecule has 2 aromatic carbocycles. The summed E-state index contributed by atoms with van der Waals surface area (Å²) >= 11 is 6.79. The largest absolute Gasteiger partial charge is 0.483 e. The van der Waals surface area contributed by atoms with Gasteiger partial charge in [0.1, 0.15) is 5.75 Å². The first-order valence-corrected chi connectivity index (χ1v) is 10.2. The number of unbranched alkanes of at least 4 members (excludes halogenated alkanes) is 2. The number of benzene rings is 2. The van der Waals surface area contributed by atoms with Crippen molar-refractivity contribution in [3.05, 3.63) is 63.0 Å². The predicted octanol–water partition coefficient (Wildman–Crippen LogP) is 5.69. The SMILES string of the molecule is CCCCC/C(=N\NC(=O)COc1ccc(Br)cc1Br)c1ccccc1. The number of nitrogens with zero attached hydrogens (tertiary/aromatic N) is 1. The van der Waals surface area contributed by atoms with Crippen LogP contribution in [-0.2, 0) is 4.79 Å². The zero-order chi connectivity index (χ0) is 18.8. The summed E-state index contributed by atoms with van der Waals surface area (Å²) in [6.07, 6.45) is 4.16. The monoisotopic (exact) mass is 480 g/mol. The number of ether oxygens (including phenoxy) is 1. The Morgan fingerprint density at radius 1 is 1.12 bits per heavy atom. The van der Waals surface area contributed by atoms with Gasteiger partial charge in [0, 0.05) is 4.47 Å². The molecule has 0 atom stereocenters. The number of hydrogen-bond acceptors (Lipinski definition) is 3. The van der Waals surface area contributed by atoms with Crippen LogP contribution in [0.3, 0.4) is 0 Å². The molecule has 0 aromatic heterocycles. The van der Waals surface area contributed by atoms with Crippen molar-refractivity contribution >= 4 is 43.5 Å². The van der Waals surface area contributed by atoms with Gasteiger partial charge in [0.15, 0.2) is 6.61 Å². The highest BCUT2D eigenvalue weighted by Crippen LogP contribution is 2.28. The molecule has 0 unspecified atom stereocenters. The highest BCUT2D eigenvalue weighted by molar-refractivity contribution is 9.11. The molecule has 0 heterocycles. The van der Waals surface area contributed by atoms with Crippen molar-refractivity contribution in [2.24, 2.45) is 5.10 Å². The maximum absolute atomic E-state index is 12.1. The summed E-state index contributed by atoms with van der Waals surface area (Å²) in [7, 11) is 0. The fourth-order valence-electron chi connectivity index (χ4n) is 2.34. The van der Waals surface area contributed by atoms with Gasteiger partial charge in [-0.05, 0) is 52.5 Å². The first-order chi connectivity index (χ1) is 12.6.